The molecule has 3 aromatic rings. The van der Waals surface area contributed by atoms with Crippen molar-refractivity contribution in [2.24, 2.45) is 0 Å². The zero-order chi connectivity index (χ0) is 19.6. The van der Waals surface area contributed by atoms with Crippen molar-refractivity contribution in [2.45, 2.75) is 19.9 Å². The molecule has 3 rings (SSSR count). The van der Waals surface area contributed by atoms with Gasteiger partial charge in [-0.25, -0.2) is 0 Å². The highest BCUT2D eigenvalue weighted by Crippen LogP contribution is 2.28. The smallest absolute Gasteiger partial charge is 0.279 e. The Hall–Kier alpha value is -2.55. The van der Waals surface area contributed by atoms with Crippen LogP contribution in [0.4, 0.5) is 0 Å². The summed E-state index contributed by atoms with van der Waals surface area (Å²) >= 11 is 0. The topological polar surface area (TPSA) is 84.3 Å². The molecule has 0 atom stereocenters. The third-order valence-electron chi connectivity index (χ3n) is 4.40. The molecule has 0 amide bonds. The number of hydrogen-bond acceptors (Lipinski definition) is 4. The second-order valence-corrected chi connectivity index (χ2v) is 8.32. The summed E-state index contributed by atoms with van der Waals surface area (Å²) in [7, 11) is -0.620. The molecule has 8 heteroatoms. The van der Waals surface area contributed by atoms with Crippen LogP contribution in [0.5, 0.6) is 0 Å². The van der Waals surface area contributed by atoms with Gasteiger partial charge in [-0.15, -0.1) is 0 Å². The zero-order valence-corrected chi connectivity index (χ0v) is 16.3. The van der Waals surface area contributed by atoms with Crippen LogP contribution in [-0.4, -0.2) is 42.3 Å². The van der Waals surface area contributed by atoms with E-state index in [2.05, 4.69) is 9.71 Å². The molecule has 0 spiro atoms. The summed E-state index contributed by atoms with van der Waals surface area (Å²) in [4.78, 5) is 16.4. The molecule has 27 heavy (non-hydrogen) atoms. The predicted octanol–water partition coefficient (Wildman–Crippen LogP) is 2.65. The molecule has 0 saturated carbocycles. The summed E-state index contributed by atoms with van der Waals surface area (Å²) in [6.07, 6.45) is 5.51. The number of carbonyl (C=O) groups excluding carboxylic acids is 1. The molecule has 0 aliphatic heterocycles. The summed E-state index contributed by atoms with van der Waals surface area (Å²) in [6.45, 7) is 1.91. The number of carbonyl (C=O) groups is 1. The van der Waals surface area contributed by atoms with Gasteiger partial charge in [-0.2, -0.15) is 17.4 Å². The van der Waals surface area contributed by atoms with Crippen LogP contribution in [0.15, 0.2) is 48.9 Å². The number of aromatic nitrogens is 2. The first kappa shape index (κ1) is 19.2. The maximum Gasteiger partial charge on any atom is 0.279 e. The van der Waals surface area contributed by atoms with Gasteiger partial charge in [0.15, 0.2) is 0 Å². The molecule has 1 N–H and O–H groups in total. The Bertz CT molecular complexity index is 1070. The highest BCUT2D eigenvalue weighted by Gasteiger charge is 2.17. The quantitative estimate of drug-likeness (QED) is 0.706. The summed E-state index contributed by atoms with van der Waals surface area (Å²) in [6, 6.07) is 9.64. The van der Waals surface area contributed by atoms with Crippen LogP contribution in [0.2, 0.25) is 0 Å². The van der Waals surface area contributed by atoms with Crippen molar-refractivity contribution < 1.29 is 13.2 Å². The van der Waals surface area contributed by atoms with E-state index in [1.165, 1.54) is 14.1 Å². The molecular weight excluding hydrogens is 364 g/mol. The van der Waals surface area contributed by atoms with E-state index in [9.17, 15) is 13.2 Å². The molecule has 0 unspecified atom stereocenters. The molecule has 1 aromatic carbocycles. The number of hydrogen-bond donors (Lipinski definition) is 1. The largest absolute Gasteiger partial charge is 0.287 e. The third kappa shape index (κ3) is 3.92. The monoisotopic (exact) mass is 386 g/mol. The average molecular weight is 386 g/mol. The molecule has 0 bridgehead atoms. The fraction of sp³-hybridized carbons (Fsp3) is 0.263. The predicted molar refractivity (Wildman–Crippen MR) is 106 cm³/mol. The number of nitrogens with one attached hydrogen (secondary N) is 1. The molecule has 0 aliphatic rings. The summed E-state index contributed by atoms with van der Waals surface area (Å²) in [5.41, 5.74) is 3.47. The SMILES string of the molecule is CCC(=O)n1cc(CNS(=O)(=O)N(C)C)c2ccc(-c3ccncc3)cc21. The van der Waals surface area contributed by atoms with E-state index >= 15 is 0 Å². The van der Waals surface area contributed by atoms with Crippen LogP contribution in [0, 0.1) is 0 Å². The van der Waals surface area contributed by atoms with E-state index in [1.807, 2.05) is 30.3 Å². The normalized spacial score (nSPS) is 12.0. The lowest BCUT2D eigenvalue weighted by Gasteiger charge is -2.11. The Morgan fingerprint density at radius 2 is 1.85 bits per heavy atom. The van der Waals surface area contributed by atoms with Gasteiger partial charge in [-0.05, 0) is 34.9 Å². The number of benzene rings is 1. The van der Waals surface area contributed by atoms with Crippen LogP contribution in [0.1, 0.15) is 23.7 Å². The van der Waals surface area contributed by atoms with Crippen LogP contribution in [0.25, 0.3) is 22.0 Å². The van der Waals surface area contributed by atoms with Gasteiger partial charge >= 0.3 is 0 Å². The van der Waals surface area contributed by atoms with Gasteiger partial charge in [0.25, 0.3) is 10.2 Å². The maximum absolute atomic E-state index is 12.4. The lowest BCUT2D eigenvalue weighted by molar-refractivity contribution is 0.0914. The first-order valence-corrected chi connectivity index (χ1v) is 10.0. The van der Waals surface area contributed by atoms with Crippen molar-refractivity contribution in [2.75, 3.05) is 14.1 Å². The molecule has 0 radical (unpaired) electrons. The minimum Gasteiger partial charge on any atom is -0.287 e. The van der Waals surface area contributed by atoms with Gasteiger partial charge in [0.05, 0.1) is 5.52 Å². The van der Waals surface area contributed by atoms with Gasteiger partial charge in [-0.1, -0.05) is 19.1 Å². The van der Waals surface area contributed by atoms with Gasteiger partial charge in [-0.3, -0.25) is 14.3 Å². The van der Waals surface area contributed by atoms with E-state index in [4.69, 9.17) is 0 Å². The number of fused-ring (bicyclic) bond motifs is 1. The lowest BCUT2D eigenvalue weighted by Crippen LogP contribution is -2.35. The van der Waals surface area contributed by atoms with Gasteiger partial charge < -0.3 is 0 Å². The maximum atomic E-state index is 12.4. The highest BCUT2D eigenvalue weighted by molar-refractivity contribution is 7.87. The molecule has 0 aliphatic carbocycles. The standard InChI is InChI=1S/C19H22N4O3S/c1-4-19(24)23-13-16(12-21-27(25,26)22(2)3)17-6-5-15(11-18(17)23)14-7-9-20-10-8-14/h5-11,13,21H,4,12H2,1-3H3. The Morgan fingerprint density at radius 3 is 2.48 bits per heavy atom. The van der Waals surface area contributed by atoms with E-state index in [0.717, 1.165) is 31.9 Å². The molecule has 0 fully saturated rings. The zero-order valence-electron chi connectivity index (χ0n) is 15.5. The van der Waals surface area contributed by atoms with E-state index < -0.39 is 10.2 Å². The Labute approximate surface area is 158 Å². The first-order valence-electron chi connectivity index (χ1n) is 8.58. The minimum atomic E-state index is -3.55. The van der Waals surface area contributed by atoms with Gasteiger partial charge in [0.2, 0.25) is 5.91 Å². The van der Waals surface area contributed by atoms with Crippen molar-refractivity contribution in [3.63, 3.8) is 0 Å². The van der Waals surface area contributed by atoms with Crippen molar-refractivity contribution in [3.05, 3.63) is 54.5 Å². The first-order chi connectivity index (χ1) is 12.8. The Balaban J connectivity index is 2.07. The third-order valence-corrected chi connectivity index (χ3v) is 5.87. The van der Waals surface area contributed by atoms with Crippen LogP contribution < -0.4 is 4.72 Å². The van der Waals surface area contributed by atoms with Crippen LogP contribution in [-0.2, 0) is 16.8 Å². The fourth-order valence-corrected chi connectivity index (χ4v) is 3.43. The molecular formula is C19H22N4O3S. The van der Waals surface area contributed by atoms with Crippen molar-refractivity contribution in [1.29, 1.82) is 0 Å². The van der Waals surface area contributed by atoms with Crippen LogP contribution in [0.3, 0.4) is 0 Å². The Morgan fingerprint density at radius 1 is 1.15 bits per heavy atom. The number of nitrogens with zero attached hydrogens (tertiary/aromatic N) is 3. The molecule has 0 saturated heterocycles. The summed E-state index contributed by atoms with van der Waals surface area (Å²) in [5.74, 6) is -0.0476. The fourth-order valence-electron chi connectivity index (χ4n) is 2.84. The molecule has 2 aromatic heterocycles. The highest BCUT2D eigenvalue weighted by atomic mass is 32.2. The van der Waals surface area contributed by atoms with Gasteiger partial charge in [0.1, 0.15) is 0 Å². The second-order valence-electron chi connectivity index (χ2n) is 6.35. The van der Waals surface area contributed by atoms with Crippen molar-refractivity contribution >= 4 is 27.0 Å². The molecule has 2 heterocycles. The van der Waals surface area contributed by atoms with Crippen molar-refractivity contribution in [1.82, 2.24) is 18.6 Å². The lowest BCUT2D eigenvalue weighted by atomic mass is 10.0. The average Bonchev–Trinajstić information content (AvgIpc) is 3.04. The summed E-state index contributed by atoms with van der Waals surface area (Å²) < 4.78 is 29.3. The van der Waals surface area contributed by atoms with E-state index in [-0.39, 0.29) is 12.5 Å². The molecule has 142 valence electrons. The van der Waals surface area contributed by atoms with Gasteiger partial charge in [0, 0.05) is 51.0 Å². The summed E-state index contributed by atoms with van der Waals surface area (Å²) in [5, 5.41) is 0.844. The Kier molecular flexibility index (Phi) is 5.41. The minimum absolute atomic E-state index is 0.0476. The van der Waals surface area contributed by atoms with Crippen LogP contribution >= 0.6 is 0 Å². The number of rotatable bonds is 6. The van der Waals surface area contributed by atoms with E-state index in [0.29, 0.717) is 6.42 Å². The second kappa shape index (κ2) is 7.59. The van der Waals surface area contributed by atoms with E-state index in [1.54, 1.807) is 30.1 Å². The van der Waals surface area contributed by atoms with Crippen molar-refractivity contribution in [3.8, 4) is 11.1 Å². The molecule has 7 nitrogen and oxygen atoms in total. The number of pyridine rings is 1.